The molecule has 0 aliphatic heterocycles. The fourth-order valence-corrected chi connectivity index (χ4v) is 1.43. The molecule has 0 aromatic rings. The van der Waals surface area contributed by atoms with Crippen LogP contribution in [0.1, 0.15) is 40.5 Å². The summed E-state index contributed by atoms with van der Waals surface area (Å²) in [5.41, 5.74) is 0. The number of hydrogen-bond acceptors (Lipinski definition) is 3. The van der Waals surface area contributed by atoms with Crippen LogP contribution < -0.4 is 10.6 Å². The number of amides is 1. The van der Waals surface area contributed by atoms with Crippen LogP contribution in [0, 0.1) is 11.8 Å². The summed E-state index contributed by atoms with van der Waals surface area (Å²) >= 11 is 0. The van der Waals surface area contributed by atoms with Crippen molar-refractivity contribution in [1.29, 1.82) is 0 Å². The van der Waals surface area contributed by atoms with Crippen molar-refractivity contribution >= 4 is 5.91 Å². The Labute approximate surface area is 105 Å². The van der Waals surface area contributed by atoms with Gasteiger partial charge in [0.2, 0.25) is 5.91 Å². The van der Waals surface area contributed by atoms with Gasteiger partial charge in [0.1, 0.15) is 0 Å². The average molecular weight is 244 g/mol. The fourth-order valence-electron chi connectivity index (χ4n) is 1.43. The molecule has 0 heterocycles. The zero-order chi connectivity index (χ0) is 13.3. The molecule has 0 aliphatic rings. The van der Waals surface area contributed by atoms with E-state index in [1.165, 1.54) is 0 Å². The lowest BCUT2D eigenvalue weighted by Crippen LogP contribution is -2.44. The first kappa shape index (κ1) is 16.4. The Morgan fingerprint density at radius 2 is 1.82 bits per heavy atom. The molecule has 0 aromatic carbocycles. The molecule has 3 N–H and O–H groups in total. The highest BCUT2D eigenvalue weighted by Crippen LogP contribution is 1.99. The van der Waals surface area contributed by atoms with Crippen molar-refractivity contribution in [2.24, 2.45) is 11.8 Å². The van der Waals surface area contributed by atoms with Crippen LogP contribution >= 0.6 is 0 Å². The second kappa shape index (κ2) is 9.42. The third kappa shape index (κ3) is 9.12. The zero-order valence-corrected chi connectivity index (χ0v) is 11.6. The lowest BCUT2D eigenvalue weighted by molar-refractivity contribution is -0.122. The van der Waals surface area contributed by atoms with Gasteiger partial charge >= 0.3 is 0 Å². The minimum atomic E-state index is -0.164. The van der Waals surface area contributed by atoms with E-state index in [1.54, 1.807) is 0 Å². The van der Waals surface area contributed by atoms with Crippen molar-refractivity contribution in [3.63, 3.8) is 0 Å². The standard InChI is InChI=1S/C13H28N2O2/c1-10(2)5-7-14-13(17)12(4)15-9-11(3)6-8-16/h10-12,15-16H,5-9H2,1-4H3,(H,14,17). The summed E-state index contributed by atoms with van der Waals surface area (Å²) in [6.07, 6.45) is 1.79. The molecule has 2 atom stereocenters. The number of carbonyl (C=O) groups excluding carboxylic acids is 1. The second-order valence-corrected chi connectivity index (χ2v) is 5.22. The van der Waals surface area contributed by atoms with Gasteiger partial charge in [0.05, 0.1) is 6.04 Å². The molecule has 0 spiro atoms. The molecule has 0 radical (unpaired) electrons. The van der Waals surface area contributed by atoms with Crippen molar-refractivity contribution in [3.05, 3.63) is 0 Å². The predicted octanol–water partition coefficient (Wildman–Crippen LogP) is 1.15. The quantitative estimate of drug-likeness (QED) is 0.570. The molecule has 1 amide bonds. The maximum Gasteiger partial charge on any atom is 0.236 e. The van der Waals surface area contributed by atoms with E-state index in [0.717, 1.165) is 25.9 Å². The SMILES string of the molecule is CC(C)CCNC(=O)C(C)NCC(C)CCO. The highest BCUT2D eigenvalue weighted by atomic mass is 16.3. The van der Waals surface area contributed by atoms with Crippen molar-refractivity contribution in [2.45, 2.75) is 46.6 Å². The number of rotatable bonds is 9. The van der Waals surface area contributed by atoms with E-state index in [-0.39, 0.29) is 18.6 Å². The number of aliphatic hydroxyl groups is 1. The topological polar surface area (TPSA) is 61.4 Å². The van der Waals surface area contributed by atoms with Crippen LogP contribution in [0.4, 0.5) is 0 Å². The average Bonchev–Trinajstić information content (AvgIpc) is 2.25. The van der Waals surface area contributed by atoms with E-state index >= 15 is 0 Å². The van der Waals surface area contributed by atoms with Gasteiger partial charge in [-0.3, -0.25) is 4.79 Å². The summed E-state index contributed by atoms with van der Waals surface area (Å²) in [7, 11) is 0. The highest BCUT2D eigenvalue weighted by Gasteiger charge is 2.12. The van der Waals surface area contributed by atoms with Gasteiger partial charge in [0.15, 0.2) is 0 Å². The molecule has 0 rings (SSSR count). The third-order valence-electron chi connectivity index (χ3n) is 2.81. The smallest absolute Gasteiger partial charge is 0.236 e. The van der Waals surface area contributed by atoms with E-state index in [1.807, 2.05) is 6.92 Å². The molecular formula is C13H28N2O2. The Hall–Kier alpha value is -0.610. The fraction of sp³-hybridized carbons (Fsp3) is 0.923. The first-order chi connectivity index (χ1) is 7.97. The Morgan fingerprint density at radius 1 is 1.18 bits per heavy atom. The molecule has 17 heavy (non-hydrogen) atoms. The molecule has 0 aliphatic carbocycles. The minimum Gasteiger partial charge on any atom is -0.396 e. The van der Waals surface area contributed by atoms with Crippen LogP contribution in [-0.2, 0) is 4.79 Å². The summed E-state index contributed by atoms with van der Waals surface area (Å²) in [6.45, 7) is 9.93. The van der Waals surface area contributed by atoms with Gasteiger partial charge in [-0.05, 0) is 38.1 Å². The molecular weight excluding hydrogens is 216 g/mol. The van der Waals surface area contributed by atoms with E-state index in [4.69, 9.17) is 5.11 Å². The van der Waals surface area contributed by atoms with Crippen molar-refractivity contribution in [3.8, 4) is 0 Å². The molecule has 102 valence electrons. The second-order valence-electron chi connectivity index (χ2n) is 5.22. The van der Waals surface area contributed by atoms with Gasteiger partial charge in [-0.2, -0.15) is 0 Å². The first-order valence-corrected chi connectivity index (χ1v) is 6.59. The monoisotopic (exact) mass is 244 g/mol. The number of nitrogens with one attached hydrogen (secondary N) is 2. The number of hydrogen-bond donors (Lipinski definition) is 3. The van der Waals surface area contributed by atoms with E-state index in [0.29, 0.717) is 11.8 Å². The molecule has 4 heteroatoms. The van der Waals surface area contributed by atoms with Crippen LogP contribution in [0.5, 0.6) is 0 Å². The van der Waals surface area contributed by atoms with Crippen LogP contribution in [-0.4, -0.2) is 36.8 Å². The Bertz CT molecular complexity index is 208. The summed E-state index contributed by atoms with van der Waals surface area (Å²) in [5.74, 6) is 1.07. The third-order valence-corrected chi connectivity index (χ3v) is 2.81. The highest BCUT2D eigenvalue weighted by molar-refractivity contribution is 5.81. The van der Waals surface area contributed by atoms with Gasteiger partial charge in [0, 0.05) is 13.2 Å². The molecule has 0 aromatic heterocycles. The Morgan fingerprint density at radius 3 is 2.35 bits per heavy atom. The predicted molar refractivity (Wildman–Crippen MR) is 70.8 cm³/mol. The van der Waals surface area contributed by atoms with E-state index in [9.17, 15) is 4.79 Å². The van der Waals surface area contributed by atoms with Crippen LogP contribution in [0.2, 0.25) is 0 Å². The Balaban J connectivity index is 3.67. The minimum absolute atomic E-state index is 0.0573. The molecule has 0 saturated heterocycles. The van der Waals surface area contributed by atoms with Gasteiger partial charge in [0.25, 0.3) is 0 Å². The van der Waals surface area contributed by atoms with Gasteiger partial charge in [-0.15, -0.1) is 0 Å². The maximum absolute atomic E-state index is 11.7. The first-order valence-electron chi connectivity index (χ1n) is 6.59. The molecule has 0 fully saturated rings. The normalized spacial score (nSPS) is 14.7. The van der Waals surface area contributed by atoms with Gasteiger partial charge in [-0.1, -0.05) is 20.8 Å². The zero-order valence-electron chi connectivity index (χ0n) is 11.6. The number of aliphatic hydroxyl groups excluding tert-OH is 1. The van der Waals surface area contributed by atoms with Crippen molar-refractivity contribution in [1.82, 2.24) is 10.6 Å². The lowest BCUT2D eigenvalue weighted by atomic mass is 10.1. The maximum atomic E-state index is 11.7. The van der Waals surface area contributed by atoms with Crippen molar-refractivity contribution in [2.75, 3.05) is 19.7 Å². The molecule has 0 bridgehead atoms. The van der Waals surface area contributed by atoms with E-state index < -0.39 is 0 Å². The summed E-state index contributed by atoms with van der Waals surface area (Å²) in [6, 6.07) is -0.164. The van der Waals surface area contributed by atoms with Gasteiger partial charge in [-0.25, -0.2) is 0 Å². The van der Waals surface area contributed by atoms with E-state index in [2.05, 4.69) is 31.4 Å². The molecule has 0 saturated carbocycles. The summed E-state index contributed by atoms with van der Waals surface area (Å²) in [4.78, 5) is 11.7. The number of carbonyl (C=O) groups is 1. The van der Waals surface area contributed by atoms with Crippen LogP contribution in [0.25, 0.3) is 0 Å². The van der Waals surface area contributed by atoms with Crippen LogP contribution in [0.15, 0.2) is 0 Å². The van der Waals surface area contributed by atoms with Crippen LogP contribution in [0.3, 0.4) is 0 Å². The van der Waals surface area contributed by atoms with Crippen molar-refractivity contribution < 1.29 is 9.90 Å². The lowest BCUT2D eigenvalue weighted by Gasteiger charge is -2.17. The van der Waals surface area contributed by atoms with Gasteiger partial charge < -0.3 is 15.7 Å². The molecule has 4 nitrogen and oxygen atoms in total. The summed E-state index contributed by atoms with van der Waals surface area (Å²) in [5, 5.41) is 14.9. The molecule has 2 unspecified atom stereocenters. The Kier molecular flexibility index (Phi) is 9.09. The summed E-state index contributed by atoms with van der Waals surface area (Å²) < 4.78 is 0. The largest absolute Gasteiger partial charge is 0.396 e.